The molecule has 4 nitrogen and oxygen atoms in total. The van der Waals surface area contributed by atoms with Crippen molar-refractivity contribution in [1.82, 2.24) is 9.97 Å². The van der Waals surface area contributed by atoms with Gasteiger partial charge in [0.25, 0.3) is 0 Å². The van der Waals surface area contributed by atoms with E-state index < -0.39 is 0 Å². The van der Waals surface area contributed by atoms with Crippen molar-refractivity contribution in [1.29, 1.82) is 0 Å². The summed E-state index contributed by atoms with van der Waals surface area (Å²) in [7, 11) is 0. The van der Waals surface area contributed by atoms with E-state index in [1.165, 1.54) is 44.7 Å². The van der Waals surface area contributed by atoms with Gasteiger partial charge < -0.3 is 9.80 Å². The average molecular weight is 461 g/mol. The Labute approximate surface area is 197 Å². The largest absolute Gasteiger partial charge is 0.368 e. The first-order valence-electron chi connectivity index (χ1n) is 11.4. The van der Waals surface area contributed by atoms with Crippen molar-refractivity contribution in [3.8, 4) is 0 Å². The topological polar surface area (TPSA) is 32.3 Å². The highest BCUT2D eigenvalue weighted by Gasteiger charge is 2.27. The minimum atomic E-state index is 0.775. The second-order valence-electron chi connectivity index (χ2n) is 8.61. The second kappa shape index (κ2) is 8.38. The third-order valence-corrected chi connectivity index (χ3v) is 8.01. The molecule has 0 saturated carbocycles. The molecule has 0 N–H and O–H groups in total. The lowest BCUT2D eigenvalue weighted by atomic mass is 10.1. The van der Waals surface area contributed by atoms with Crippen LogP contribution in [0.4, 0.5) is 11.5 Å². The van der Waals surface area contributed by atoms with E-state index in [0.29, 0.717) is 0 Å². The fraction of sp³-hybridized carbons (Fsp3) is 0.308. The molecule has 32 heavy (non-hydrogen) atoms. The molecule has 0 radical (unpaired) electrons. The number of fused-ring (bicyclic) bond motifs is 3. The lowest BCUT2D eigenvalue weighted by molar-refractivity contribution is 0.647. The Morgan fingerprint density at radius 2 is 1.59 bits per heavy atom. The van der Waals surface area contributed by atoms with Crippen molar-refractivity contribution in [3.05, 3.63) is 81.4 Å². The monoisotopic (exact) mass is 460 g/mol. The highest BCUT2D eigenvalue weighted by atomic mass is 35.5. The molecule has 2 aromatic carbocycles. The molecule has 4 aromatic rings. The summed E-state index contributed by atoms with van der Waals surface area (Å²) >= 11 is 7.97. The highest BCUT2D eigenvalue weighted by Crippen LogP contribution is 2.41. The van der Waals surface area contributed by atoms with Crippen LogP contribution < -0.4 is 9.80 Å². The van der Waals surface area contributed by atoms with Crippen LogP contribution in [0.3, 0.4) is 0 Å². The van der Waals surface area contributed by atoms with Crippen molar-refractivity contribution in [3.63, 3.8) is 0 Å². The standard InChI is InChI=1S/C26H25ClN4S/c27-19-9-11-20(12-10-19)30-13-15-31(16-14-30)25-24-21-7-4-8-22(21)32-26(24)29-23(28-25)17-18-5-2-1-3-6-18/h1-3,5-6,9-12H,4,7-8,13-17H2. The molecular weight excluding hydrogens is 436 g/mol. The number of thiophene rings is 1. The Balaban J connectivity index is 1.32. The number of aromatic nitrogens is 2. The molecule has 6 heteroatoms. The zero-order valence-corrected chi connectivity index (χ0v) is 19.5. The molecule has 2 aliphatic rings. The fourth-order valence-electron chi connectivity index (χ4n) is 4.93. The number of rotatable bonds is 4. The molecule has 0 amide bonds. The maximum Gasteiger partial charge on any atom is 0.141 e. The molecule has 1 fully saturated rings. The average Bonchev–Trinajstić information content (AvgIpc) is 3.41. The molecule has 3 heterocycles. The van der Waals surface area contributed by atoms with Crippen LogP contribution in [0, 0.1) is 0 Å². The number of halogens is 1. The number of hydrogen-bond donors (Lipinski definition) is 0. The molecule has 2 aromatic heterocycles. The third kappa shape index (κ3) is 3.74. The summed E-state index contributed by atoms with van der Waals surface area (Å²) in [5, 5.41) is 2.10. The van der Waals surface area contributed by atoms with E-state index in [1.807, 2.05) is 23.5 Å². The van der Waals surface area contributed by atoms with Gasteiger partial charge in [0, 0.05) is 48.2 Å². The van der Waals surface area contributed by atoms with Gasteiger partial charge in [-0.25, -0.2) is 9.97 Å². The number of benzene rings is 2. The summed E-state index contributed by atoms with van der Waals surface area (Å²) in [6, 6.07) is 18.7. The summed E-state index contributed by atoms with van der Waals surface area (Å²) in [5.41, 5.74) is 4.00. The van der Waals surface area contributed by atoms with Crippen LogP contribution in [0.25, 0.3) is 10.2 Å². The van der Waals surface area contributed by atoms with E-state index in [4.69, 9.17) is 21.6 Å². The van der Waals surface area contributed by atoms with Crippen molar-refractivity contribution < 1.29 is 0 Å². The van der Waals surface area contributed by atoms with E-state index >= 15 is 0 Å². The van der Waals surface area contributed by atoms with Crippen molar-refractivity contribution in [2.45, 2.75) is 25.7 Å². The normalized spacial score (nSPS) is 16.0. The van der Waals surface area contributed by atoms with Gasteiger partial charge in [-0.3, -0.25) is 0 Å². The summed E-state index contributed by atoms with van der Waals surface area (Å²) in [5.74, 6) is 2.08. The van der Waals surface area contributed by atoms with Crippen LogP contribution in [0.1, 0.15) is 28.2 Å². The Morgan fingerprint density at radius 3 is 2.38 bits per heavy atom. The van der Waals surface area contributed by atoms with E-state index in [1.54, 1.807) is 0 Å². The van der Waals surface area contributed by atoms with Crippen LogP contribution in [0.5, 0.6) is 0 Å². The number of piperazine rings is 1. The quantitative estimate of drug-likeness (QED) is 0.388. The van der Waals surface area contributed by atoms with E-state index in [9.17, 15) is 0 Å². The third-order valence-electron chi connectivity index (χ3n) is 6.57. The number of aryl methyl sites for hydroxylation is 2. The Hall–Kier alpha value is -2.63. The van der Waals surface area contributed by atoms with E-state index in [-0.39, 0.29) is 0 Å². The van der Waals surface area contributed by atoms with Gasteiger partial charge >= 0.3 is 0 Å². The molecule has 1 saturated heterocycles. The molecule has 0 spiro atoms. The van der Waals surface area contributed by atoms with Crippen LogP contribution in [0.2, 0.25) is 5.02 Å². The Bertz CT molecular complexity index is 1240. The highest BCUT2D eigenvalue weighted by molar-refractivity contribution is 7.19. The molecule has 1 aliphatic heterocycles. The zero-order chi connectivity index (χ0) is 21.5. The predicted octanol–water partition coefficient (Wildman–Crippen LogP) is 5.75. The second-order valence-corrected chi connectivity index (χ2v) is 10.1. The molecule has 0 atom stereocenters. The predicted molar refractivity (Wildman–Crippen MR) is 135 cm³/mol. The van der Waals surface area contributed by atoms with Crippen LogP contribution in [0.15, 0.2) is 54.6 Å². The lowest BCUT2D eigenvalue weighted by Crippen LogP contribution is -2.47. The minimum absolute atomic E-state index is 0.775. The van der Waals surface area contributed by atoms with Crippen molar-refractivity contribution >= 4 is 44.7 Å². The van der Waals surface area contributed by atoms with Crippen LogP contribution >= 0.6 is 22.9 Å². The summed E-state index contributed by atoms with van der Waals surface area (Å²) in [6.07, 6.45) is 4.38. The zero-order valence-electron chi connectivity index (χ0n) is 17.9. The fourth-order valence-corrected chi connectivity index (χ4v) is 6.33. The Morgan fingerprint density at radius 1 is 0.844 bits per heavy atom. The summed E-state index contributed by atoms with van der Waals surface area (Å²) in [4.78, 5) is 17.8. The molecule has 6 rings (SSSR count). The molecular formula is C26H25ClN4S. The lowest BCUT2D eigenvalue weighted by Gasteiger charge is -2.37. The maximum atomic E-state index is 6.08. The van der Waals surface area contributed by atoms with Crippen molar-refractivity contribution in [2.24, 2.45) is 0 Å². The number of nitrogens with zero attached hydrogens (tertiary/aromatic N) is 4. The molecule has 0 unspecified atom stereocenters. The van der Waals surface area contributed by atoms with Crippen LogP contribution in [-0.2, 0) is 19.3 Å². The van der Waals surface area contributed by atoms with Gasteiger partial charge in [-0.05, 0) is 54.7 Å². The maximum absolute atomic E-state index is 6.08. The van der Waals surface area contributed by atoms with Gasteiger partial charge in [0.05, 0.1) is 5.39 Å². The number of hydrogen-bond acceptors (Lipinski definition) is 5. The van der Waals surface area contributed by atoms with Gasteiger partial charge in [0.1, 0.15) is 16.5 Å². The van der Waals surface area contributed by atoms with Gasteiger partial charge in [-0.15, -0.1) is 11.3 Å². The minimum Gasteiger partial charge on any atom is -0.368 e. The Kier molecular flexibility index (Phi) is 5.24. The van der Waals surface area contributed by atoms with Crippen molar-refractivity contribution in [2.75, 3.05) is 36.0 Å². The first-order chi connectivity index (χ1) is 15.7. The molecule has 162 valence electrons. The smallest absolute Gasteiger partial charge is 0.141 e. The van der Waals surface area contributed by atoms with E-state index in [0.717, 1.165) is 55.7 Å². The summed E-state index contributed by atoms with van der Waals surface area (Å²) < 4.78 is 0. The van der Waals surface area contributed by atoms with E-state index in [2.05, 4.69) is 52.3 Å². The van der Waals surface area contributed by atoms with Gasteiger partial charge in [-0.1, -0.05) is 41.9 Å². The molecule has 0 bridgehead atoms. The first-order valence-corrected chi connectivity index (χ1v) is 12.5. The number of anilines is 2. The summed E-state index contributed by atoms with van der Waals surface area (Å²) in [6.45, 7) is 3.88. The SMILES string of the molecule is Clc1ccc(N2CCN(c3nc(Cc4ccccc4)nc4sc5c(c34)CCC5)CC2)cc1. The van der Waals surface area contributed by atoms with Gasteiger partial charge in [-0.2, -0.15) is 0 Å². The van der Waals surface area contributed by atoms with Crippen LogP contribution in [-0.4, -0.2) is 36.1 Å². The first kappa shape index (κ1) is 20.0. The molecule has 1 aliphatic carbocycles. The van der Waals surface area contributed by atoms with Gasteiger partial charge in [0.2, 0.25) is 0 Å². The van der Waals surface area contributed by atoms with Gasteiger partial charge in [0.15, 0.2) is 0 Å².